The minimum atomic E-state index is -1.10. The molecule has 2 N–H and O–H groups in total. The Labute approximate surface area is 104 Å². The summed E-state index contributed by atoms with van der Waals surface area (Å²) in [5, 5.41) is 0. The maximum atomic E-state index is 5.78. The first-order chi connectivity index (χ1) is 5.49. The third-order valence-electron chi connectivity index (χ3n) is 1.10. The van der Waals surface area contributed by atoms with Gasteiger partial charge in [-0.3, -0.25) is 0 Å². The van der Waals surface area contributed by atoms with E-state index in [4.69, 9.17) is 5.73 Å². The number of halogens is 2. The van der Waals surface area contributed by atoms with Gasteiger partial charge in [-0.1, -0.05) is 0 Å². The van der Waals surface area contributed by atoms with Gasteiger partial charge < -0.3 is 0 Å². The van der Waals surface area contributed by atoms with Gasteiger partial charge in [0.05, 0.1) is 0 Å². The summed E-state index contributed by atoms with van der Waals surface area (Å²) in [4.78, 5) is 4.26. The number of anilines is 1. The Bertz CT molecular complexity index is 278. The van der Waals surface area contributed by atoms with E-state index in [1.807, 2.05) is 12.1 Å². The SMILES string of the molecule is C[Si](C)(C)[Co][c]1ncccc1N.Cl.Cl. The number of hydrogen-bond acceptors (Lipinski definition) is 2. The Morgan fingerprint density at radius 1 is 1.29 bits per heavy atom. The van der Waals surface area contributed by atoms with Crippen LogP contribution in [0.15, 0.2) is 18.3 Å². The molecule has 1 aromatic rings. The molecule has 0 spiro atoms. The van der Waals surface area contributed by atoms with Crippen molar-refractivity contribution in [1.82, 2.24) is 4.98 Å². The van der Waals surface area contributed by atoms with E-state index in [1.165, 1.54) is 14.1 Å². The van der Waals surface area contributed by atoms with Gasteiger partial charge in [0.25, 0.3) is 0 Å². The summed E-state index contributed by atoms with van der Waals surface area (Å²) >= 11 is 1.35. The Balaban J connectivity index is 0. The minimum absolute atomic E-state index is 0. The molecule has 85 valence electrons. The van der Waals surface area contributed by atoms with Crippen LogP contribution in [0.3, 0.4) is 0 Å². The molecule has 0 saturated carbocycles. The largest absolute Gasteiger partial charge is 0.147 e. The van der Waals surface area contributed by atoms with Crippen LogP contribution in [0.2, 0.25) is 19.6 Å². The average molecular weight is 298 g/mol. The summed E-state index contributed by atoms with van der Waals surface area (Å²) in [6.07, 6.45) is 1.80. The van der Waals surface area contributed by atoms with Crippen LogP contribution in [0, 0.1) is 0 Å². The Kier molecular flexibility index (Phi) is 7.96. The molecule has 0 saturated heterocycles. The van der Waals surface area contributed by atoms with E-state index in [2.05, 4.69) is 24.6 Å². The molecule has 0 bridgehead atoms. The van der Waals surface area contributed by atoms with Crippen molar-refractivity contribution in [3.8, 4) is 0 Å². The molecular weight excluding hydrogens is 282 g/mol. The second-order valence-electron chi connectivity index (χ2n) is 3.45. The van der Waals surface area contributed by atoms with E-state index >= 15 is 0 Å². The van der Waals surface area contributed by atoms with Crippen LogP contribution in [0.1, 0.15) is 0 Å². The van der Waals surface area contributed by atoms with Crippen LogP contribution in [-0.2, 0) is 14.1 Å². The molecule has 1 rings (SSSR count). The van der Waals surface area contributed by atoms with E-state index in [9.17, 15) is 0 Å². The zero-order valence-electron chi connectivity index (χ0n) is 8.41. The zero-order chi connectivity index (χ0) is 9.19. The van der Waals surface area contributed by atoms with Crippen LogP contribution >= 0.6 is 24.8 Å². The van der Waals surface area contributed by atoms with Gasteiger partial charge in [0.1, 0.15) is 0 Å². The van der Waals surface area contributed by atoms with Crippen molar-refractivity contribution in [3.05, 3.63) is 18.3 Å². The second-order valence-corrected chi connectivity index (χ2v) is 13.6. The molecule has 6 heteroatoms. The first-order valence-electron chi connectivity index (χ1n) is 3.81. The number of pyridine rings is 1. The van der Waals surface area contributed by atoms with Crippen molar-refractivity contribution in [2.75, 3.05) is 5.73 Å². The predicted octanol–water partition coefficient (Wildman–Crippen LogP) is 2.05. The quantitative estimate of drug-likeness (QED) is 0.849. The van der Waals surface area contributed by atoms with Gasteiger partial charge in [-0.25, -0.2) is 0 Å². The van der Waals surface area contributed by atoms with Gasteiger partial charge >= 0.3 is 79.8 Å². The summed E-state index contributed by atoms with van der Waals surface area (Å²) in [6, 6.07) is 3.78. The molecule has 1 heterocycles. The predicted molar refractivity (Wildman–Crippen MR) is 66.1 cm³/mol. The van der Waals surface area contributed by atoms with Crippen LogP contribution in [0.4, 0.5) is 5.69 Å². The van der Waals surface area contributed by atoms with Crippen LogP contribution in [-0.4, -0.2) is 11.7 Å². The van der Waals surface area contributed by atoms with Crippen molar-refractivity contribution >= 4 is 41.9 Å². The summed E-state index contributed by atoms with van der Waals surface area (Å²) in [6.45, 7) is 5.82. The zero-order valence-corrected chi connectivity index (χ0v) is 12.1. The standard InChI is InChI=1S/C5H5N2.C3H9Si.2ClH.Co/c6-5-2-1-3-7-4-5;1-4(2)3;;;/h1-3H,6H2;1-3H3;2*1H;. The molecular formula is C8H16Cl2CoN2Si. The van der Waals surface area contributed by atoms with Crippen LogP contribution in [0.25, 0.3) is 0 Å². The molecule has 0 radical (unpaired) electrons. The summed E-state index contributed by atoms with van der Waals surface area (Å²) in [5.41, 5.74) is 6.60. The van der Waals surface area contributed by atoms with Crippen LogP contribution < -0.4 is 10.4 Å². The van der Waals surface area contributed by atoms with E-state index < -0.39 is 6.72 Å². The van der Waals surface area contributed by atoms with Crippen LogP contribution in [0.5, 0.6) is 0 Å². The molecule has 1 aromatic heterocycles. The summed E-state index contributed by atoms with van der Waals surface area (Å²) < 4.78 is 1.04. The smallest absolute Gasteiger partial charge is 0.147 e. The number of nitrogens with zero attached hydrogens (tertiary/aromatic N) is 1. The Hall–Kier alpha value is 0.253. The van der Waals surface area contributed by atoms with Crippen molar-refractivity contribution in [1.29, 1.82) is 0 Å². The van der Waals surface area contributed by atoms with Gasteiger partial charge in [0.15, 0.2) is 0 Å². The maximum Gasteiger partial charge on any atom is -0.147 e. The Morgan fingerprint density at radius 3 is 2.29 bits per heavy atom. The van der Waals surface area contributed by atoms with Gasteiger partial charge in [0, 0.05) is 0 Å². The first kappa shape index (κ1) is 16.7. The summed E-state index contributed by atoms with van der Waals surface area (Å²) in [5.74, 6) is 0. The van der Waals surface area contributed by atoms with E-state index in [1.54, 1.807) is 6.20 Å². The molecule has 0 unspecified atom stereocenters. The molecule has 0 aromatic carbocycles. The molecule has 0 aliphatic rings. The maximum absolute atomic E-state index is 5.78. The van der Waals surface area contributed by atoms with Crippen molar-refractivity contribution in [2.24, 2.45) is 0 Å². The van der Waals surface area contributed by atoms with Gasteiger partial charge in [-0.05, 0) is 0 Å². The van der Waals surface area contributed by atoms with Crippen molar-refractivity contribution in [3.63, 3.8) is 0 Å². The van der Waals surface area contributed by atoms with E-state index in [-0.39, 0.29) is 24.8 Å². The fourth-order valence-electron chi connectivity index (χ4n) is 0.698. The monoisotopic (exact) mass is 297 g/mol. The molecule has 0 aliphatic carbocycles. The number of rotatable bonds is 2. The van der Waals surface area contributed by atoms with Crippen molar-refractivity contribution < 1.29 is 14.1 Å². The second kappa shape index (κ2) is 6.68. The third-order valence-corrected chi connectivity index (χ3v) is 5.27. The van der Waals surface area contributed by atoms with Gasteiger partial charge in [-0.15, -0.1) is 24.8 Å². The molecule has 2 nitrogen and oxygen atoms in total. The van der Waals surface area contributed by atoms with E-state index in [0.29, 0.717) is 0 Å². The molecule has 14 heavy (non-hydrogen) atoms. The number of nitrogen functional groups attached to an aromatic ring is 1. The molecule has 0 amide bonds. The average Bonchev–Trinajstić information content (AvgIpc) is 1.91. The number of hydrogen-bond donors (Lipinski definition) is 1. The normalized spacial score (nSPS) is 10.2. The fourth-order valence-corrected chi connectivity index (χ4v) is 4.35. The van der Waals surface area contributed by atoms with Gasteiger partial charge in [0.2, 0.25) is 0 Å². The molecule has 0 aliphatic heterocycles. The minimum Gasteiger partial charge on any atom is -0.147 e. The third kappa shape index (κ3) is 5.87. The molecule has 0 fully saturated rings. The summed E-state index contributed by atoms with van der Waals surface area (Å²) in [7, 11) is 0. The fraction of sp³-hybridized carbons (Fsp3) is 0.375. The van der Waals surface area contributed by atoms with Crippen molar-refractivity contribution in [2.45, 2.75) is 19.6 Å². The molecule has 0 atom stereocenters. The number of aromatic nitrogens is 1. The topological polar surface area (TPSA) is 38.9 Å². The van der Waals surface area contributed by atoms with E-state index in [0.717, 1.165) is 10.3 Å². The Morgan fingerprint density at radius 2 is 1.86 bits per heavy atom. The number of nitrogens with two attached hydrogens (primary N) is 1. The first-order valence-corrected chi connectivity index (χ1v) is 9.22. The van der Waals surface area contributed by atoms with Gasteiger partial charge in [-0.2, -0.15) is 0 Å².